The Balaban J connectivity index is 0.000000415. The largest absolute Gasteiger partial charge is 0.371 e. The average Bonchev–Trinajstić information content (AvgIpc) is 3.51. The lowest BCUT2D eigenvalue weighted by Crippen LogP contribution is -2.20. The van der Waals surface area contributed by atoms with Crippen molar-refractivity contribution in [2.45, 2.75) is 52.5 Å². The third kappa shape index (κ3) is 8.26. The van der Waals surface area contributed by atoms with Gasteiger partial charge in [-0.3, -0.25) is 13.6 Å². The van der Waals surface area contributed by atoms with Gasteiger partial charge in [-0.25, -0.2) is 18.6 Å². The third-order valence-electron chi connectivity index (χ3n) is 5.57. The molecule has 11 nitrogen and oxygen atoms in total. The second-order valence-electron chi connectivity index (χ2n) is 8.37. The Morgan fingerprint density at radius 2 is 1.82 bits per heavy atom. The number of halogens is 3. The molecule has 4 aromatic heterocycles. The molecular formula is C25H37F3N10O. The van der Waals surface area contributed by atoms with Crippen LogP contribution in [0.1, 0.15) is 46.0 Å². The Morgan fingerprint density at radius 3 is 2.46 bits per heavy atom. The lowest BCUT2D eigenvalue weighted by atomic mass is 10.1. The van der Waals surface area contributed by atoms with Gasteiger partial charge in [-0.1, -0.05) is 25.0 Å². The van der Waals surface area contributed by atoms with Gasteiger partial charge in [-0.2, -0.15) is 4.98 Å². The molecule has 1 amide bonds. The van der Waals surface area contributed by atoms with E-state index in [4.69, 9.17) is 0 Å². The predicted octanol–water partition coefficient (Wildman–Crippen LogP) is 4.41. The number of unbranched alkanes of at least 4 members (excludes halogenated alkanes) is 3. The van der Waals surface area contributed by atoms with E-state index in [0.717, 1.165) is 13.0 Å². The maximum atomic E-state index is 14.9. The fourth-order valence-corrected chi connectivity index (χ4v) is 3.72. The van der Waals surface area contributed by atoms with Crippen LogP contribution in [0, 0.1) is 5.82 Å². The number of carbonyl (C=O) groups is 1. The molecule has 0 bridgehead atoms. The van der Waals surface area contributed by atoms with E-state index in [-0.39, 0.29) is 18.1 Å². The molecule has 0 unspecified atom stereocenters. The minimum Gasteiger partial charge on any atom is -0.371 e. The van der Waals surface area contributed by atoms with E-state index in [1.807, 2.05) is 0 Å². The fraction of sp³-hybridized carbons (Fsp3) is 0.520. The number of carbonyl (C=O) groups excluding carboxylic acids is 1. The van der Waals surface area contributed by atoms with Crippen LogP contribution in [0.25, 0.3) is 27.9 Å². The van der Waals surface area contributed by atoms with Crippen LogP contribution in [0.2, 0.25) is 0 Å². The van der Waals surface area contributed by atoms with Crippen molar-refractivity contribution in [1.29, 1.82) is 0 Å². The molecule has 0 saturated carbocycles. The van der Waals surface area contributed by atoms with Crippen LogP contribution in [-0.4, -0.2) is 75.0 Å². The number of amides is 1. The van der Waals surface area contributed by atoms with E-state index in [0.29, 0.717) is 60.7 Å². The van der Waals surface area contributed by atoms with Crippen LogP contribution in [0.15, 0.2) is 18.3 Å². The zero-order valence-corrected chi connectivity index (χ0v) is 23.1. The monoisotopic (exact) mass is 550 g/mol. The Hall–Kier alpha value is -3.97. The molecule has 0 aromatic carbocycles. The van der Waals surface area contributed by atoms with Crippen LogP contribution < -0.4 is 16.0 Å². The highest BCUT2D eigenvalue weighted by molar-refractivity contribution is 5.89. The van der Waals surface area contributed by atoms with E-state index in [1.54, 1.807) is 37.8 Å². The zero-order valence-electron chi connectivity index (χ0n) is 23.1. The number of aromatic nitrogens is 7. The number of fused-ring (bicyclic) bond motifs is 2. The second-order valence-corrected chi connectivity index (χ2v) is 8.37. The zero-order chi connectivity index (χ0) is 28.8. The maximum Gasteiger partial charge on any atom is 0.242 e. The molecule has 0 aliphatic rings. The molecule has 4 heterocycles. The number of anilines is 2. The van der Waals surface area contributed by atoms with E-state index in [1.165, 1.54) is 23.6 Å². The summed E-state index contributed by atoms with van der Waals surface area (Å²) < 4.78 is 39.8. The Bertz CT molecular complexity index is 1320. The molecule has 0 saturated heterocycles. The molecule has 3 N–H and O–H groups in total. The average molecular weight is 551 g/mol. The first-order chi connectivity index (χ1) is 18.9. The number of hydrogen-bond acceptors (Lipinski definition) is 8. The lowest BCUT2D eigenvalue weighted by Gasteiger charge is -2.08. The van der Waals surface area contributed by atoms with E-state index in [2.05, 4.69) is 48.3 Å². The molecule has 0 spiro atoms. The molecular weight excluding hydrogens is 513 g/mol. The summed E-state index contributed by atoms with van der Waals surface area (Å²) in [4.78, 5) is 19.2. The Kier molecular flexibility index (Phi) is 12.9. The van der Waals surface area contributed by atoms with Gasteiger partial charge in [-0.15, -0.1) is 10.2 Å². The van der Waals surface area contributed by atoms with Crippen LogP contribution >= 0.6 is 0 Å². The van der Waals surface area contributed by atoms with Crippen molar-refractivity contribution >= 4 is 34.4 Å². The van der Waals surface area contributed by atoms with Crippen LogP contribution in [0.4, 0.5) is 24.9 Å². The first-order valence-corrected chi connectivity index (χ1v) is 12.8. The SMILES string of the molecule is CCCCCNC(C)=O.CF.CNc1nc(NC)c2c(-c3ccc4nnn(CCCCF)c4n3)c(F)cn2n1. The fourth-order valence-electron chi connectivity index (χ4n) is 3.72. The van der Waals surface area contributed by atoms with Gasteiger partial charge in [-0.05, 0) is 31.4 Å². The Morgan fingerprint density at radius 1 is 1.05 bits per heavy atom. The topological polar surface area (TPSA) is 127 Å². The maximum absolute atomic E-state index is 14.9. The summed E-state index contributed by atoms with van der Waals surface area (Å²) in [6.45, 7) is 4.64. The van der Waals surface area contributed by atoms with Crippen molar-refractivity contribution in [1.82, 2.24) is 39.9 Å². The van der Waals surface area contributed by atoms with Crippen LogP contribution in [0.3, 0.4) is 0 Å². The summed E-state index contributed by atoms with van der Waals surface area (Å²) in [6.07, 6.45) is 5.87. The molecule has 0 atom stereocenters. The van der Waals surface area contributed by atoms with Gasteiger partial charge >= 0.3 is 0 Å². The molecule has 0 radical (unpaired) electrons. The molecule has 0 aliphatic heterocycles. The van der Waals surface area contributed by atoms with E-state index >= 15 is 0 Å². The molecule has 4 aromatic rings. The molecule has 39 heavy (non-hydrogen) atoms. The van der Waals surface area contributed by atoms with E-state index < -0.39 is 5.82 Å². The minimum atomic E-state index is -0.470. The smallest absolute Gasteiger partial charge is 0.242 e. The summed E-state index contributed by atoms with van der Waals surface area (Å²) in [5.41, 5.74) is 2.29. The summed E-state index contributed by atoms with van der Waals surface area (Å²) in [5, 5.41) is 21.0. The van der Waals surface area contributed by atoms with Crippen molar-refractivity contribution in [3.05, 3.63) is 24.1 Å². The minimum absolute atomic E-state index is 0.0751. The standard InChI is InChI=1S/C17H19F2N9.C7H15NO.CH3F/c1-20-15-14-13(10(19)9-28(14)25-17(21-2)23-15)11-5-6-12-16(22-11)27(26-24-12)8-4-3-7-18;1-3-4-5-6-8-7(2)9;1-2/h5-6,9H,3-4,7-8H2,1-2H3,(H2,20,21,23,25);3-6H2,1-2H3,(H,8,9);1H3. The van der Waals surface area contributed by atoms with Gasteiger partial charge < -0.3 is 16.0 Å². The first-order valence-electron chi connectivity index (χ1n) is 12.8. The summed E-state index contributed by atoms with van der Waals surface area (Å²) >= 11 is 0. The number of pyridine rings is 1. The van der Waals surface area contributed by atoms with Gasteiger partial charge in [0.1, 0.15) is 11.0 Å². The quantitative estimate of drug-likeness (QED) is 0.235. The number of nitrogens with zero attached hydrogens (tertiary/aromatic N) is 7. The first kappa shape index (κ1) is 31.2. The number of rotatable bonds is 11. The van der Waals surface area contributed by atoms with Gasteiger partial charge in [0.05, 0.1) is 31.3 Å². The highest BCUT2D eigenvalue weighted by Gasteiger charge is 2.21. The predicted molar refractivity (Wildman–Crippen MR) is 147 cm³/mol. The van der Waals surface area contributed by atoms with Crippen LogP contribution in [0.5, 0.6) is 0 Å². The highest BCUT2D eigenvalue weighted by atomic mass is 19.1. The van der Waals surface area contributed by atoms with Crippen molar-refractivity contribution in [2.24, 2.45) is 0 Å². The van der Waals surface area contributed by atoms with Crippen LogP contribution in [-0.2, 0) is 11.3 Å². The highest BCUT2D eigenvalue weighted by Crippen LogP contribution is 2.32. The van der Waals surface area contributed by atoms with Gasteiger partial charge in [0.15, 0.2) is 17.3 Å². The van der Waals surface area contributed by atoms with Crippen molar-refractivity contribution in [3.8, 4) is 11.3 Å². The molecule has 14 heteroatoms. The Labute approximate surface area is 225 Å². The third-order valence-corrected chi connectivity index (χ3v) is 5.57. The lowest BCUT2D eigenvalue weighted by molar-refractivity contribution is -0.118. The van der Waals surface area contributed by atoms with Gasteiger partial charge in [0.2, 0.25) is 11.9 Å². The van der Waals surface area contributed by atoms with E-state index in [9.17, 15) is 18.0 Å². The number of nitrogens with one attached hydrogen (secondary N) is 3. The number of alkyl halides is 2. The summed E-state index contributed by atoms with van der Waals surface area (Å²) in [7, 11) is 3.89. The van der Waals surface area contributed by atoms with Crippen molar-refractivity contribution in [3.63, 3.8) is 0 Å². The number of aryl methyl sites for hydroxylation is 1. The molecule has 214 valence electrons. The molecule has 0 aliphatic carbocycles. The normalized spacial score (nSPS) is 10.5. The van der Waals surface area contributed by atoms with Crippen molar-refractivity contribution < 1.29 is 18.0 Å². The summed E-state index contributed by atoms with van der Waals surface area (Å²) in [6, 6.07) is 3.42. The van der Waals surface area contributed by atoms with Crippen molar-refractivity contribution in [2.75, 3.05) is 45.1 Å². The molecule has 0 fully saturated rings. The number of hydrogen-bond donors (Lipinski definition) is 3. The molecule has 4 rings (SSSR count). The summed E-state index contributed by atoms with van der Waals surface area (Å²) in [5.74, 6) is 0.431. The van der Waals surface area contributed by atoms with Gasteiger partial charge in [0, 0.05) is 34.1 Å². The van der Waals surface area contributed by atoms with Gasteiger partial charge in [0.25, 0.3) is 0 Å². The second kappa shape index (κ2) is 16.1.